The van der Waals surface area contributed by atoms with Crippen LogP contribution in [0.15, 0.2) is 36.5 Å². The Morgan fingerprint density at radius 1 is 1.33 bits per heavy atom. The molecular weight excluding hydrogens is 286 g/mol. The van der Waals surface area contributed by atoms with Gasteiger partial charge in [0.2, 0.25) is 10.0 Å². The van der Waals surface area contributed by atoms with E-state index in [4.69, 9.17) is 0 Å². The summed E-state index contributed by atoms with van der Waals surface area (Å²) in [6.45, 7) is 0. The zero-order chi connectivity index (χ0) is 14.9. The minimum absolute atomic E-state index is 0.0138. The third kappa shape index (κ3) is 3.16. The van der Waals surface area contributed by atoms with Crippen LogP contribution in [-0.4, -0.2) is 18.2 Å². The first-order chi connectivity index (χ1) is 10.1. The molecule has 0 aliphatic heterocycles. The quantitative estimate of drug-likeness (QED) is 0.938. The lowest BCUT2D eigenvalue weighted by Crippen LogP contribution is -2.31. The van der Waals surface area contributed by atoms with Crippen LogP contribution < -0.4 is 4.72 Å². The topological polar surface area (TPSA) is 64.0 Å². The number of sulfonamides is 1. The number of rotatable bonds is 4. The lowest BCUT2D eigenvalue weighted by molar-refractivity contribution is 0.497. The van der Waals surface area contributed by atoms with Crippen molar-refractivity contribution in [3.63, 3.8) is 0 Å². The first-order valence-corrected chi connectivity index (χ1v) is 8.75. The predicted molar refractivity (Wildman–Crippen MR) is 81.1 cm³/mol. The van der Waals surface area contributed by atoms with Gasteiger partial charge in [0.15, 0.2) is 0 Å². The van der Waals surface area contributed by atoms with Crippen molar-refractivity contribution in [3.8, 4) is 0 Å². The van der Waals surface area contributed by atoms with Gasteiger partial charge in [-0.15, -0.1) is 0 Å². The minimum Gasteiger partial charge on any atom is -0.272 e. The molecule has 0 spiro atoms. The number of benzene rings is 1. The normalized spacial score (nSPS) is 18.4. The van der Waals surface area contributed by atoms with E-state index in [-0.39, 0.29) is 11.8 Å². The molecule has 0 saturated heterocycles. The van der Waals surface area contributed by atoms with Gasteiger partial charge >= 0.3 is 0 Å². The Morgan fingerprint density at radius 2 is 2.10 bits per heavy atom. The number of hydrogen-bond acceptors (Lipinski definition) is 3. The summed E-state index contributed by atoms with van der Waals surface area (Å²) in [5, 5.41) is 4.24. The molecule has 21 heavy (non-hydrogen) atoms. The maximum absolute atomic E-state index is 12.3. The first-order valence-electron chi connectivity index (χ1n) is 7.10. The van der Waals surface area contributed by atoms with Crippen LogP contribution in [0.25, 0.3) is 0 Å². The molecule has 5 nitrogen and oxygen atoms in total. The average molecular weight is 305 g/mol. The molecular formula is C15H19N3O2S. The lowest BCUT2D eigenvalue weighted by atomic mass is 9.94. The number of nitrogens with zero attached hydrogens (tertiary/aromatic N) is 2. The van der Waals surface area contributed by atoms with E-state index in [0.29, 0.717) is 0 Å². The molecule has 0 saturated carbocycles. The number of nitrogens with one attached hydrogen (secondary N) is 1. The standard InChI is InChI=1S/C15H19N3O2S/c1-18-15-9-5-8-14(13(15)10-16-18)17-21(19,20)11-12-6-3-2-4-7-12/h2-4,6-7,10,14,17H,5,8-9,11H2,1H3. The molecule has 1 aromatic carbocycles. The number of hydrogen-bond donors (Lipinski definition) is 1. The Balaban J connectivity index is 1.77. The first kappa shape index (κ1) is 14.3. The Morgan fingerprint density at radius 3 is 2.86 bits per heavy atom. The molecule has 0 amide bonds. The summed E-state index contributed by atoms with van der Waals surface area (Å²) >= 11 is 0. The van der Waals surface area contributed by atoms with Gasteiger partial charge in [-0.1, -0.05) is 30.3 Å². The second kappa shape index (κ2) is 5.61. The van der Waals surface area contributed by atoms with E-state index in [2.05, 4.69) is 9.82 Å². The molecule has 1 aromatic heterocycles. The lowest BCUT2D eigenvalue weighted by Gasteiger charge is -2.23. The van der Waals surface area contributed by atoms with Gasteiger partial charge in [0.25, 0.3) is 0 Å². The fraction of sp³-hybridized carbons (Fsp3) is 0.400. The van der Waals surface area contributed by atoms with Crippen LogP contribution in [0, 0.1) is 0 Å². The Labute approximate surface area is 125 Å². The summed E-state index contributed by atoms with van der Waals surface area (Å²) in [7, 11) is -1.45. The van der Waals surface area contributed by atoms with Crippen molar-refractivity contribution in [2.75, 3.05) is 0 Å². The fourth-order valence-electron chi connectivity index (χ4n) is 2.88. The van der Waals surface area contributed by atoms with E-state index in [0.717, 1.165) is 36.1 Å². The van der Waals surface area contributed by atoms with Crippen LogP contribution in [0.1, 0.15) is 35.7 Å². The zero-order valence-corrected chi connectivity index (χ0v) is 12.8. The summed E-state index contributed by atoms with van der Waals surface area (Å²) in [5.74, 6) is 0.0138. The van der Waals surface area contributed by atoms with Gasteiger partial charge in [0, 0.05) is 18.3 Å². The van der Waals surface area contributed by atoms with Crippen LogP contribution in [0.4, 0.5) is 0 Å². The highest BCUT2D eigenvalue weighted by Gasteiger charge is 2.27. The highest BCUT2D eigenvalue weighted by molar-refractivity contribution is 7.88. The Bertz CT molecular complexity index is 723. The maximum atomic E-state index is 12.3. The second-order valence-corrected chi connectivity index (χ2v) is 7.23. The van der Waals surface area contributed by atoms with Crippen LogP contribution in [0.3, 0.4) is 0 Å². The Kier molecular flexibility index (Phi) is 3.82. The van der Waals surface area contributed by atoms with Gasteiger partial charge in [0.05, 0.1) is 18.0 Å². The van der Waals surface area contributed by atoms with Crippen LogP contribution in [-0.2, 0) is 29.2 Å². The molecule has 1 heterocycles. The van der Waals surface area contributed by atoms with E-state index in [9.17, 15) is 8.42 Å². The number of aryl methyl sites for hydroxylation is 1. The van der Waals surface area contributed by atoms with Gasteiger partial charge in [0.1, 0.15) is 0 Å². The molecule has 1 atom stereocenters. The van der Waals surface area contributed by atoms with Crippen LogP contribution in [0.5, 0.6) is 0 Å². The SMILES string of the molecule is Cn1ncc2c1CCCC2NS(=O)(=O)Cc1ccccc1. The van der Waals surface area contributed by atoms with E-state index < -0.39 is 10.0 Å². The van der Waals surface area contributed by atoms with Crippen molar-refractivity contribution in [1.82, 2.24) is 14.5 Å². The van der Waals surface area contributed by atoms with Crippen LogP contribution in [0.2, 0.25) is 0 Å². The van der Waals surface area contributed by atoms with Gasteiger partial charge in [-0.25, -0.2) is 13.1 Å². The van der Waals surface area contributed by atoms with E-state index in [1.807, 2.05) is 42.1 Å². The monoisotopic (exact) mass is 305 g/mol. The molecule has 0 bridgehead atoms. The highest BCUT2D eigenvalue weighted by atomic mass is 32.2. The molecule has 6 heteroatoms. The molecule has 1 aliphatic carbocycles. The summed E-state index contributed by atoms with van der Waals surface area (Å²) in [6.07, 6.45) is 4.55. The molecule has 1 aliphatic rings. The third-order valence-corrected chi connectivity index (χ3v) is 5.25. The van der Waals surface area contributed by atoms with Gasteiger partial charge in [-0.3, -0.25) is 4.68 Å². The number of aromatic nitrogens is 2. The van der Waals surface area contributed by atoms with Crippen molar-refractivity contribution in [3.05, 3.63) is 53.3 Å². The smallest absolute Gasteiger partial charge is 0.216 e. The number of fused-ring (bicyclic) bond motifs is 1. The summed E-state index contributed by atoms with van der Waals surface area (Å²) in [6, 6.07) is 9.09. The van der Waals surface area contributed by atoms with Crippen molar-refractivity contribution in [2.45, 2.75) is 31.1 Å². The van der Waals surface area contributed by atoms with Gasteiger partial charge < -0.3 is 0 Å². The van der Waals surface area contributed by atoms with E-state index >= 15 is 0 Å². The Hall–Kier alpha value is -1.66. The zero-order valence-electron chi connectivity index (χ0n) is 12.0. The summed E-state index contributed by atoms with van der Waals surface area (Å²) in [5.41, 5.74) is 2.95. The van der Waals surface area contributed by atoms with Crippen molar-refractivity contribution < 1.29 is 8.42 Å². The van der Waals surface area contributed by atoms with Gasteiger partial charge in [-0.05, 0) is 24.8 Å². The predicted octanol–water partition coefficient (Wildman–Crippen LogP) is 1.92. The molecule has 2 aromatic rings. The fourth-order valence-corrected chi connectivity index (χ4v) is 4.27. The van der Waals surface area contributed by atoms with Crippen LogP contribution >= 0.6 is 0 Å². The summed E-state index contributed by atoms with van der Waals surface area (Å²) < 4.78 is 29.4. The van der Waals surface area contributed by atoms with E-state index in [1.54, 1.807) is 6.20 Å². The van der Waals surface area contributed by atoms with E-state index in [1.165, 1.54) is 0 Å². The average Bonchev–Trinajstić information content (AvgIpc) is 2.82. The van der Waals surface area contributed by atoms with Gasteiger partial charge in [-0.2, -0.15) is 5.10 Å². The third-order valence-electron chi connectivity index (χ3n) is 3.90. The molecule has 0 radical (unpaired) electrons. The highest BCUT2D eigenvalue weighted by Crippen LogP contribution is 2.29. The molecule has 1 unspecified atom stereocenters. The molecule has 0 fully saturated rings. The second-order valence-electron chi connectivity index (χ2n) is 5.48. The largest absolute Gasteiger partial charge is 0.272 e. The molecule has 3 rings (SSSR count). The van der Waals surface area contributed by atoms with Crippen molar-refractivity contribution in [2.24, 2.45) is 7.05 Å². The molecule has 112 valence electrons. The van der Waals surface area contributed by atoms with Crippen molar-refractivity contribution >= 4 is 10.0 Å². The minimum atomic E-state index is -3.35. The maximum Gasteiger partial charge on any atom is 0.216 e. The summed E-state index contributed by atoms with van der Waals surface area (Å²) in [4.78, 5) is 0. The van der Waals surface area contributed by atoms with Crippen molar-refractivity contribution in [1.29, 1.82) is 0 Å². The molecule has 1 N–H and O–H groups in total.